The Morgan fingerprint density at radius 1 is 1.43 bits per heavy atom. The average molecular weight is 194 g/mol. The summed E-state index contributed by atoms with van der Waals surface area (Å²) in [6, 6.07) is 0.741. The maximum atomic E-state index is 4.27. The van der Waals surface area contributed by atoms with E-state index < -0.39 is 0 Å². The maximum Gasteiger partial charge on any atom is 0.146 e. The Balaban J connectivity index is 1.90. The summed E-state index contributed by atoms with van der Waals surface area (Å²) in [5.74, 6) is 1.09. The lowest BCUT2D eigenvalue weighted by Gasteiger charge is -2.35. The molecule has 0 radical (unpaired) electrons. The van der Waals surface area contributed by atoms with Crippen molar-refractivity contribution >= 4 is 5.82 Å². The van der Waals surface area contributed by atoms with Crippen LogP contribution in [-0.4, -0.2) is 48.1 Å². The summed E-state index contributed by atoms with van der Waals surface area (Å²) in [4.78, 5) is 11.9. The zero-order valence-electron chi connectivity index (χ0n) is 8.90. The Morgan fingerprint density at radius 3 is 2.64 bits per heavy atom. The van der Waals surface area contributed by atoms with Crippen molar-refractivity contribution in [3.8, 4) is 0 Å². The van der Waals surface area contributed by atoms with E-state index in [4.69, 9.17) is 0 Å². The average Bonchev–Trinajstić information content (AvgIpc) is 2.71. The second-order valence-electron chi connectivity index (χ2n) is 4.11. The molecule has 1 aliphatic rings. The van der Waals surface area contributed by atoms with Crippen molar-refractivity contribution in [2.24, 2.45) is 0 Å². The second-order valence-corrected chi connectivity index (χ2v) is 4.11. The summed E-state index contributed by atoms with van der Waals surface area (Å²) in [6.45, 7) is 2.24. The number of aromatic nitrogens is 2. The number of hydrogen-bond acceptors (Lipinski definition) is 3. The molecule has 1 fully saturated rings. The van der Waals surface area contributed by atoms with Crippen LogP contribution in [-0.2, 0) is 0 Å². The van der Waals surface area contributed by atoms with E-state index in [1.807, 2.05) is 6.20 Å². The van der Waals surface area contributed by atoms with Crippen LogP contribution in [0.1, 0.15) is 12.8 Å². The number of H-pyrrole nitrogens is 1. The number of aromatic amines is 1. The number of anilines is 1. The highest BCUT2D eigenvalue weighted by molar-refractivity contribution is 5.35. The van der Waals surface area contributed by atoms with Gasteiger partial charge in [0.15, 0.2) is 0 Å². The fraction of sp³-hybridized carbons (Fsp3) is 0.700. The lowest BCUT2D eigenvalue weighted by molar-refractivity contribution is 0.249. The van der Waals surface area contributed by atoms with Gasteiger partial charge in [-0.2, -0.15) is 0 Å². The minimum absolute atomic E-state index is 0.741. The van der Waals surface area contributed by atoms with Crippen LogP contribution in [0.4, 0.5) is 5.82 Å². The van der Waals surface area contributed by atoms with Gasteiger partial charge in [0.2, 0.25) is 0 Å². The van der Waals surface area contributed by atoms with Crippen LogP contribution < -0.4 is 4.90 Å². The molecule has 1 aromatic heterocycles. The maximum absolute atomic E-state index is 4.27. The Kier molecular flexibility index (Phi) is 2.72. The monoisotopic (exact) mass is 194 g/mol. The van der Waals surface area contributed by atoms with E-state index in [0.29, 0.717) is 0 Å². The first-order valence-corrected chi connectivity index (χ1v) is 5.17. The van der Waals surface area contributed by atoms with E-state index >= 15 is 0 Å². The Morgan fingerprint density at radius 2 is 2.14 bits per heavy atom. The van der Waals surface area contributed by atoms with Gasteiger partial charge in [-0.05, 0) is 26.9 Å². The van der Waals surface area contributed by atoms with Crippen LogP contribution in [0.3, 0.4) is 0 Å². The molecule has 0 atom stereocenters. The largest absolute Gasteiger partial charge is 0.355 e. The molecule has 14 heavy (non-hydrogen) atoms. The Bertz CT molecular complexity index is 260. The van der Waals surface area contributed by atoms with Gasteiger partial charge in [-0.25, -0.2) is 4.98 Å². The van der Waals surface area contributed by atoms with Gasteiger partial charge in [-0.1, -0.05) is 0 Å². The summed E-state index contributed by atoms with van der Waals surface area (Å²) in [5.41, 5.74) is 0. The van der Waals surface area contributed by atoms with Gasteiger partial charge in [0.25, 0.3) is 0 Å². The summed E-state index contributed by atoms with van der Waals surface area (Å²) in [7, 11) is 4.32. The molecule has 0 aliphatic carbocycles. The molecule has 0 unspecified atom stereocenters. The quantitative estimate of drug-likeness (QED) is 0.761. The molecule has 1 aliphatic heterocycles. The molecule has 2 heterocycles. The number of hydrogen-bond donors (Lipinski definition) is 1. The standard InChI is InChI=1S/C10H18N4/c1-13(2)9-3-5-14(6-4-9)10-7-11-8-12-10/h7-9H,3-6H2,1-2H3,(H,11,12). The molecular formula is C10H18N4. The molecule has 0 saturated carbocycles. The minimum Gasteiger partial charge on any atom is -0.355 e. The second kappa shape index (κ2) is 4.00. The van der Waals surface area contributed by atoms with Crippen molar-refractivity contribution in [1.82, 2.24) is 14.9 Å². The summed E-state index contributed by atoms with van der Waals surface area (Å²) in [6.07, 6.45) is 6.18. The molecule has 1 N–H and O–H groups in total. The van der Waals surface area contributed by atoms with Crippen molar-refractivity contribution < 1.29 is 0 Å². The molecular weight excluding hydrogens is 176 g/mol. The van der Waals surface area contributed by atoms with Gasteiger partial charge >= 0.3 is 0 Å². The van der Waals surface area contributed by atoms with Crippen molar-refractivity contribution in [2.75, 3.05) is 32.1 Å². The molecule has 0 amide bonds. The first-order chi connectivity index (χ1) is 6.77. The lowest BCUT2D eigenvalue weighted by atomic mass is 10.0. The topological polar surface area (TPSA) is 35.2 Å². The third-order valence-electron chi connectivity index (χ3n) is 3.00. The lowest BCUT2D eigenvalue weighted by Crippen LogP contribution is -2.42. The van der Waals surface area contributed by atoms with Gasteiger partial charge in [0.1, 0.15) is 5.82 Å². The van der Waals surface area contributed by atoms with E-state index in [0.717, 1.165) is 24.9 Å². The first-order valence-electron chi connectivity index (χ1n) is 5.17. The van der Waals surface area contributed by atoms with Gasteiger partial charge in [0, 0.05) is 25.3 Å². The molecule has 78 valence electrons. The fourth-order valence-electron chi connectivity index (χ4n) is 2.04. The SMILES string of the molecule is CN(C)C1CCN(c2c[nH]cn2)CC1. The van der Waals surface area contributed by atoms with Gasteiger partial charge in [-0.15, -0.1) is 0 Å². The van der Waals surface area contributed by atoms with Crippen LogP contribution in [0.5, 0.6) is 0 Å². The molecule has 1 aromatic rings. The zero-order valence-corrected chi connectivity index (χ0v) is 8.90. The molecule has 0 aromatic carbocycles. The van der Waals surface area contributed by atoms with Crippen molar-refractivity contribution in [1.29, 1.82) is 0 Å². The normalized spacial score (nSPS) is 19.2. The molecule has 4 nitrogen and oxygen atoms in total. The predicted molar refractivity (Wildman–Crippen MR) is 57.5 cm³/mol. The van der Waals surface area contributed by atoms with Crippen LogP contribution >= 0.6 is 0 Å². The van der Waals surface area contributed by atoms with E-state index in [1.165, 1.54) is 12.8 Å². The van der Waals surface area contributed by atoms with E-state index in [1.54, 1.807) is 6.33 Å². The Labute approximate surface area is 84.9 Å². The van der Waals surface area contributed by atoms with Crippen molar-refractivity contribution in [2.45, 2.75) is 18.9 Å². The fourth-order valence-corrected chi connectivity index (χ4v) is 2.04. The van der Waals surface area contributed by atoms with Gasteiger partial charge in [-0.3, -0.25) is 0 Å². The third kappa shape index (κ3) is 1.90. The summed E-state index contributed by atoms with van der Waals surface area (Å²) >= 11 is 0. The highest BCUT2D eigenvalue weighted by Gasteiger charge is 2.21. The number of rotatable bonds is 2. The molecule has 1 saturated heterocycles. The van der Waals surface area contributed by atoms with Crippen LogP contribution in [0.2, 0.25) is 0 Å². The van der Waals surface area contributed by atoms with E-state index in [2.05, 4.69) is 33.9 Å². The van der Waals surface area contributed by atoms with Gasteiger partial charge < -0.3 is 14.8 Å². The highest BCUT2D eigenvalue weighted by Crippen LogP contribution is 2.18. The summed E-state index contributed by atoms with van der Waals surface area (Å²) < 4.78 is 0. The number of piperidine rings is 1. The van der Waals surface area contributed by atoms with Gasteiger partial charge in [0.05, 0.1) is 6.33 Å². The van der Waals surface area contributed by atoms with Crippen LogP contribution in [0.15, 0.2) is 12.5 Å². The third-order valence-corrected chi connectivity index (χ3v) is 3.00. The zero-order chi connectivity index (χ0) is 9.97. The van der Waals surface area contributed by atoms with E-state index in [9.17, 15) is 0 Å². The smallest absolute Gasteiger partial charge is 0.146 e. The van der Waals surface area contributed by atoms with Crippen molar-refractivity contribution in [3.63, 3.8) is 0 Å². The first kappa shape index (κ1) is 9.52. The highest BCUT2D eigenvalue weighted by atomic mass is 15.2. The Hall–Kier alpha value is -1.03. The molecule has 0 bridgehead atoms. The number of imidazole rings is 1. The van der Waals surface area contributed by atoms with Crippen molar-refractivity contribution in [3.05, 3.63) is 12.5 Å². The minimum atomic E-state index is 0.741. The number of nitrogens with one attached hydrogen (secondary N) is 1. The van der Waals surface area contributed by atoms with Crippen LogP contribution in [0, 0.1) is 0 Å². The number of nitrogens with zero attached hydrogens (tertiary/aromatic N) is 3. The molecule has 4 heteroatoms. The molecule has 2 rings (SSSR count). The van der Waals surface area contributed by atoms with E-state index in [-0.39, 0.29) is 0 Å². The predicted octanol–water partition coefficient (Wildman–Crippen LogP) is 0.940. The molecule has 0 spiro atoms. The summed E-state index contributed by atoms with van der Waals surface area (Å²) in [5, 5.41) is 0. The van der Waals surface area contributed by atoms with Crippen LogP contribution in [0.25, 0.3) is 0 Å².